The minimum absolute atomic E-state index is 0.00717. The van der Waals surface area contributed by atoms with Crippen LogP contribution >= 0.6 is 0 Å². The summed E-state index contributed by atoms with van der Waals surface area (Å²) in [7, 11) is 1.65. The third-order valence-corrected chi connectivity index (χ3v) is 13.2. The summed E-state index contributed by atoms with van der Waals surface area (Å²) in [5.74, 6) is -0.0725. The van der Waals surface area contributed by atoms with E-state index in [-0.39, 0.29) is 98.0 Å². The molecule has 7 fully saturated rings. The average Bonchev–Trinajstić information content (AvgIpc) is 3.72. The van der Waals surface area contributed by atoms with Crippen molar-refractivity contribution in [2.24, 2.45) is 17.6 Å². The fourth-order valence-corrected chi connectivity index (χ4v) is 10.5. The van der Waals surface area contributed by atoms with Gasteiger partial charge in [-0.1, -0.05) is 20.1 Å². The van der Waals surface area contributed by atoms with E-state index in [0.29, 0.717) is 44.9 Å². The highest BCUT2D eigenvalue weighted by Crippen LogP contribution is 2.49. The molecule has 7 saturated heterocycles. The zero-order valence-corrected chi connectivity index (χ0v) is 30.8. The molecule has 0 aromatic heterocycles. The largest absolute Gasteiger partial charge is 0.490 e. The zero-order chi connectivity index (χ0) is 36.3. The van der Waals surface area contributed by atoms with Crippen molar-refractivity contribution in [1.82, 2.24) is 0 Å². The van der Waals surface area contributed by atoms with E-state index in [9.17, 15) is 15.0 Å². The molecular formula is C40H59NO11. The molecule has 12 nitrogen and oxygen atoms in total. The first-order chi connectivity index (χ1) is 25.0. The van der Waals surface area contributed by atoms with Gasteiger partial charge in [-0.25, -0.2) is 0 Å². The lowest BCUT2D eigenvalue weighted by molar-refractivity contribution is -0.273. The molecule has 52 heavy (non-hydrogen) atoms. The number of rotatable bonds is 4. The van der Waals surface area contributed by atoms with E-state index in [1.807, 2.05) is 6.08 Å². The molecule has 8 unspecified atom stereocenters. The van der Waals surface area contributed by atoms with Gasteiger partial charge in [-0.2, -0.15) is 0 Å². The highest BCUT2D eigenvalue weighted by atomic mass is 16.7. The minimum atomic E-state index is -1.02. The molecule has 0 radical (unpaired) electrons. The number of ether oxygens (including phenoxy) is 8. The van der Waals surface area contributed by atoms with Gasteiger partial charge < -0.3 is 53.8 Å². The number of aliphatic hydroxyl groups is 2. The molecule has 0 aromatic carbocycles. The van der Waals surface area contributed by atoms with E-state index >= 15 is 0 Å². The fraction of sp³-hybridized carbons (Fsp3) is 0.825. The number of hydrogen-bond acceptors (Lipinski definition) is 12. The molecule has 0 saturated carbocycles. The van der Waals surface area contributed by atoms with Crippen LogP contribution in [0.2, 0.25) is 0 Å². The number of hydrogen-bond donors (Lipinski definition) is 3. The summed E-state index contributed by atoms with van der Waals surface area (Å²) in [6.07, 6.45) is 4.44. The predicted octanol–water partition coefficient (Wildman–Crippen LogP) is 3.55. The molecule has 10 bridgehead atoms. The Hall–Kier alpha value is -1.71. The highest BCUT2D eigenvalue weighted by Gasteiger charge is 2.59. The number of methoxy groups -OCH3 is 1. The number of fused-ring (bicyclic) bond motifs is 9. The number of Topliss-reactive ketones (excluding diaryl/α,β-unsaturated/α-hetero) is 1. The molecule has 8 rings (SSSR count). The van der Waals surface area contributed by atoms with Crippen molar-refractivity contribution in [3.63, 3.8) is 0 Å². The van der Waals surface area contributed by atoms with Crippen LogP contribution in [0.4, 0.5) is 0 Å². The first-order valence-electron chi connectivity index (χ1n) is 19.8. The Morgan fingerprint density at radius 3 is 2.58 bits per heavy atom. The van der Waals surface area contributed by atoms with Gasteiger partial charge in [0.15, 0.2) is 5.79 Å². The molecule has 8 aliphatic heterocycles. The second-order valence-corrected chi connectivity index (χ2v) is 16.9. The van der Waals surface area contributed by atoms with E-state index in [2.05, 4.69) is 20.1 Å². The summed E-state index contributed by atoms with van der Waals surface area (Å²) < 4.78 is 52.6. The predicted molar refractivity (Wildman–Crippen MR) is 188 cm³/mol. The van der Waals surface area contributed by atoms with Crippen LogP contribution in [0.25, 0.3) is 0 Å². The number of ketones is 1. The fourth-order valence-electron chi connectivity index (χ4n) is 10.5. The van der Waals surface area contributed by atoms with Crippen LogP contribution < -0.4 is 5.73 Å². The lowest BCUT2D eigenvalue weighted by Gasteiger charge is -2.47. The zero-order valence-electron chi connectivity index (χ0n) is 30.8. The number of allylic oxidation sites excluding steroid dienone is 1. The summed E-state index contributed by atoms with van der Waals surface area (Å²) >= 11 is 0. The van der Waals surface area contributed by atoms with Crippen LogP contribution in [0.3, 0.4) is 0 Å². The molecule has 8 aliphatic rings. The third-order valence-electron chi connectivity index (χ3n) is 13.2. The molecule has 17 atom stereocenters. The summed E-state index contributed by atoms with van der Waals surface area (Å²) in [4.78, 5) is 14.0. The maximum Gasteiger partial charge on any atom is 0.175 e. The minimum Gasteiger partial charge on any atom is -0.490 e. The smallest absolute Gasteiger partial charge is 0.175 e. The monoisotopic (exact) mass is 729 g/mol. The summed E-state index contributed by atoms with van der Waals surface area (Å²) in [5.41, 5.74) is 7.88. The Morgan fingerprint density at radius 1 is 0.942 bits per heavy atom. The van der Waals surface area contributed by atoms with Crippen LogP contribution in [-0.2, 0) is 42.7 Å². The van der Waals surface area contributed by atoms with E-state index < -0.39 is 30.2 Å². The Balaban J connectivity index is 1.08. The van der Waals surface area contributed by atoms with Crippen molar-refractivity contribution in [2.75, 3.05) is 13.7 Å². The van der Waals surface area contributed by atoms with E-state index in [1.165, 1.54) is 0 Å². The van der Waals surface area contributed by atoms with Crippen LogP contribution in [0.1, 0.15) is 90.4 Å². The Labute approximate surface area is 307 Å². The second kappa shape index (κ2) is 15.1. The van der Waals surface area contributed by atoms with Crippen LogP contribution in [-0.4, -0.2) is 121 Å². The number of nitrogens with two attached hydrogens (primary N) is 1. The molecule has 290 valence electrons. The molecule has 12 heteroatoms. The van der Waals surface area contributed by atoms with Crippen LogP contribution in [0, 0.1) is 11.8 Å². The van der Waals surface area contributed by atoms with Gasteiger partial charge in [-0.3, -0.25) is 4.79 Å². The van der Waals surface area contributed by atoms with Gasteiger partial charge in [0.05, 0.1) is 72.9 Å². The lowest BCUT2D eigenvalue weighted by Crippen LogP contribution is -2.58. The quantitative estimate of drug-likeness (QED) is 0.363. The summed E-state index contributed by atoms with van der Waals surface area (Å²) in [6.45, 7) is 11.1. The maximum absolute atomic E-state index is 14.0. The van der Waals surface area contributed by atoms with Gasteiger partial charge in [0.2, 0.25) is 0 Å². The van der Waals surface area contributed by atoms with Gasteiger partial charge in [0.1, 0.15) is 24.1 Å². The van der Waals surface area contributed by atoms with Crippen molar-refractivity contribution >= 4 is 5.78 Å². The summed E-state index contributed by atoms with van der Waals surface area (Å²) in [6, 6.07) is 0. The first-order valence-corrected chi connectivity index (χ1v) is 19.8. The molecule has 0 aromatic rings. The molecule has 1 spiro atoms. The van der Waals surface area contributed by atoms with Gasteiger partial charge >= 0.3 is 0 Å². The molecule has 0 aliphatic carbocycles. The van der Waals surface area contributed by atoms with E-state index in [4.69, 9.17) is 43.6 Å². The van der Waals surface area contributed by atoms with Crippen molar-refractivity contribution < 1.29 is 52.9 Å². The summed E-state index contributed by atoms with van der Waals surface area (Å²) in [5, 5.41) is 21.6. The Morgan fingerprint density at radius 2 is 1.77 bits per heavy atom. The van der Waals surface area contributed by atoms with Gasteiger partial charge in [0, 0.05) is 70.9 Å². The topological polar surface area (TPSA) is 157 Å². The highest BCUT2D eigenvalue weighted by molar-refractivity contribution is 5.79. The van der Waals surface area contributed by atoms with Crippen molar-refractivity contribution in [3.8, 4) is 0 Å². The van der Waals surface area contributed by atoms with Crippen LogP contribution in [0.5, 0.6) is 0 Å². The van der Waals surface area contributed by atoms with E-state index in [1.54, 1.807) is 7.11 Å². The lowest BCUT2D eigenvalue weighted by atomic mass is 9.81. The van der Waals surface area contributed by atoms with Crippen LogP contribution in [0.15, 0.2) is 36.1 Å². The van der Waals surface area contributed by atoms with E-state index in [0.717, 1.165) is 42.6 Å². The van der Waals surface area contributed by atoms with Gasteiger partial charge in [-0.15, -0.1) is 0 Å². The number of carbonyl (C=O) groups is 1. The molecule has 0 amide bonds. The average molecular weight is 730 g/mol. The Kier molecular flexibility index (Phi) is 10.8. The number of aliphatic hydroxyl groups excluding tert-OH is 2. The number of carbonyl (C=O) groups excluding carboxylic acids is 1. The van der Waals surface area contributed by atoms with Gasteiger partial charge in [0.25, 0.3) is 0 Å². The van der Waals surface area contributed by atoms with Crippen molar-refractivity contribution in [2.45, 2.75) is 182 Å². The third kappa shape index (κ3) is 7.34. The van der Waals surface area contributed by atoms with Gasteiger partial charge in [-0.05, 0) is 55.2 Å². The molecular weight excluding hydrogens is 670 g/mol. The molecule has 8 heterocycles. The second-order valence-electron chi connectivity index (χ2n) is 16.9. The normalized spacial score (nSPS) is 49.7. The Bertz CT molecular complexity index is 1390. The standard InChI is InChI=1S/C40H59NO11/c1-20-11-25-5-7-30-21(2)12-27(46-30)9-10-40-18-29(44)38(52-40)35-17-36(51-40)39-31(49-35)8-6-26(48-39)13-23(42)14-28-33(16-32(47-25)22(20)3)50-34(37(28)45-4)15-24(43)19-41/h9,20,24-26,28-39,43-44H,2-3,5-8,10-19,41H2,1,4H3/b27-9+/t20-,24?,25+,26?,28?,29-,30+,31-,32?,33?,34?,35-,36?,37-,38?,39+,40-/m1/s1. The molecule has 4 N–H and O–H groups in total. The SMILES string of the molecule is C=C1C2CC3OC(CC(O)CN)[C@H](OC)C3CC(=O)CC3CC[C@H]4O[C@@H]5CC(O[C@@]6(C/C=C7\CC(=C)[C@H](CC[C@@H](C[C@H]1C)O2)O7)C[C@@H](O)C5O6)[C@H]4O3. The van der Waals surface area contributed by atoms with Crippen molar-refractivity contribution in [3.05, 3.63) is 36.1 Å². The maximum atomic E-state index is 14.0. The van der Waals surface area contributed by atoms with Crippen molar-refractivity contribution in [1.29, 1.82) is 0 Å². The first kappa shape index (κ1) is 37.2.